The lowest BCUT2D eigenvalue weighted by Crippen LogP contribution is -2.38. The normalized spacial score (nSPS) is 26.7. The minimum atomic E-state index is 0.0656. The van der Waals surface area contributed by atoms with Crippen LogP contribution in [0.25, 0.3) is 0 Å². The first-order valence-corrected chi connectivity index (χ1v) is 4.85. The molecule has 0 spiro atoms. The number of nitrogens with zero attached hydrogens (tertiary/aromatic N) is 1. The second-order valence-corrected chi connectivity index (χ2v) is 4.94. The summed E-state index contributed by atoms with van der Waals surface area (Å²) in [5.74, 6) is 0.485. The zero-order valence-electron chi connectivity index (χ0n) is 9.00. The van der Waals surface area contributed by atoms with E-state index >= 15 is 0 Å². The third-order valence-corrected chi connectivity index (χ3v) is 2.75. The summed E-state index contributed by atoms with van der Waals surface area (Å²) < 4.78 is 0. The molecule has 3 heteroatoms. The maximum Gasteiger partial charge on any atom is 0.226 e. The molecule has 1 aliphatic rings. The molecule has 1 saturated carbocycles. The Hall–Kier alpha value is -0.570. The molecule has 0 saturated heterocycles. The van der Waals surface area contributed by atoms with Crippen molar-refractivity contribution in [1.82, 2.24) is 4.90 Å². The van der Waals surface area contributed by atoms with Crippen LogP contribution in [-0.4, -0.2) is 30.4 Å². The number of nitrogens with two attached hydrogens (primary N) is 1. The number of carbonyl (C=O) groups excluding carboxylic acids is 1. The van der Waals surface area contributed by atoms with Crippen LogP contribution in [0.5, 0.6) is 0 Å². The van der Waals surface area contributed by atoms with Crippen LogP contribution in [0, 0.1) is 11.3 Å². The Kier molecular flexibility index (Phi) is 2.66. The monoisotopic (exact) mass is 184 g/mol. The summed E-state index contributed by atoms with van der Waals surface area (Å²) in [5, 5.41) is 0. The van der Waals surface area contributed by atoms with E-state index in [1.54, 1.807) is 4.90 Å². The molecule has 1 fully saturated rings. The highest BCUT2D eigenvalue weighted by Crippen LogP contribution is 2.52. The molecule has 0 aromatic rings. The van der Waals surface area contributed by atoms with Gasteiger partial charge in [0.1, 0.15) is 0 Å². The van der Waals surface area contributed by atoms with Crippen molar-refractivity contribution in [3.63, 3.8) is 0 Å². The van der Waals surface area contributed by atoms with Gasteiger partial charge in [0.15, 0.2) is 0 Å². The molecule has 0 heterocycles. The topological polar surface area (TPSA) is 46.3 Å². The van der Waals surface area contributed by atoms with E-state index in [0.29, 0.717) is 6.54 Å². The molecule has 13 heavy (non-hydrogen) atoms. The van der Waals surface area contributed by atoms with Gasteiger partial charge in [0.05, 0.1) is 0 Å². The van der Waals surface area contributed by atoms with Gasteiger partial charge in [0.2, 0.25) is 5.91 Å². The van der Waals surface area contributed by atoms with Crippen LogP contribution in [0.1, 0.15) is 27.2 Å². The predicted octanol–water partition coefficient (Wildman–Crippen LogP) is 0.838. The smallest absolute Gasteiger partial charge is 0.226 e. The molecule has 2 atom stereocenters. The fourth-order valence-corrected chi connectivity index (χ4v) is 1.68. The summed E-state index contributed by atoms with van der Waals surface area (Å²) in [5.41, 5.74) is 5.85. The van der Waals surface area contributed by atoms with Gasteiger partial charge in [-0.3, -0.25) is 4.79 Å². The van der Waals surface area contributed by atoms with E-state index in [4.69, 9.17) is 5.73 Å². The van der Waals surface area contributed by atoms with Crippen molar-refractivity contribution in [2.45, 2.75) is 33.2 Å². The number of rotatable bonds is 3. The van der Waals surface area contributed by atoms with E-state index in [9.17, 15) is 4.79 Å². The van der Waals surface area contributed by atoms with Gasteiger partial charge in [0, 0.05) is 25.6 Å². The van der Waals surface area contributed by atoms with Gasteiger partial charge in [-0.1, -0.05) is 13.8 Å². The summed E-state index contributed by atoms with van der Waals surface area (Å²) in [7, 11) is 1.83. The van der Waals surface area contributed by atoms with E-state index < -0.39 is 0 Å². The van der Waals surface area contributed by atoms with Crippen LogP contribution >= 0.6 is 0 Å². The maximum absolute atomic E-state index is 11.7. The summed E-state index contributed by atoms with van der Waals surface area (Å²) in [6, 6.07) is 0.0656. The fourth-order valence-electron chi connectivity index (χ4n) is 1.68. The number of carbonyl (C=O) groups is 1. The largest absolute Gasteiger partial charge is 0.344 e. The molecule has 1 rings (SSSR count). The van der Waals surface area contributed by atoms with Gasteiger partial charge in [-0.05, 0) is 18.8 Å². The van der Waals surface area contributed by atoms with Crippen LogP contribution in [0.3, 0.4) is 0 Å². The average molecular weight is 184 g/mol. The van der Waals surface area contributed by atoms with Crippen molar-refractivity contribution in [3.05, 3.63) is 0 Å². The third-order valence-electron chi connectivity index (χ3n) is 2.75. The molecule has 0 aromatic heterocycles. The molecule has 0 bridgehead atoms. The standard InChI is InChI=1S/C10H20N2O/c1-7(11)6-12(4)9(13)8-5-10(8,2)3/h7-8H,5-6,11H2,1-4H3. The number of amides is 1. The Balaban J connectivity index is 2.41. The molecule has 3 nitrogen and oxygen atoms in total. The highest BCUT2D eigenvalue weighted by molar-refractivity contribution is 5.82. The van der Waals surface area contributed by atoms with Gasteiger partial charge in [-0.25, -0.2) is 0 Å². The summed E-state index contributed by atoms with van der Waals surface area (Å²) >= 11 is 0. The summed E-state index contributed by atoms with van der Waals surface area (Å²) in [4.78, 5) is 13.5. The Morgan fingerprint density at radius 2 is 2.15 bits per heavy atom. The van der Waals surface area contributed by atoms with Crippen LogP contribution in [0.2, 0.25) is 0 Å². The summed E-state index contributed by atoms with van der Waals surface area (Å²) in [6.45, 7) is 6.85. The maximum atomic E-state index is 11.7. The first-order chi connectivity index (χ1) is 5.84. The number of hydrogen-bond donors (Lipinski definition) is 1. The quantitative estimate of drug-likeness (QED) is 0.706. The highest BCUT2D eigenvalue weighted by atomic mass is 16.2. The summed E-state index contributed by atoms with van der Waals surface area (Å²) in [6.07, 6.45) is 1.02. The molecular formula is C10H20N2O. The van der Waals surface area contributed by atoms with Crippen molar-refractivity contribution >= 4 is 5.91 Å². The SMILES string of the molecule is CC(N)CN(C)C(=O)C1CC1(C)C. The van der Waals surface area contributed by atoms with Gasteiger partial charge < -0.3 is 10.6 Å². The fraction of sp³-hybridized carbons (Fsp3) is 0.900. The third kappa shape index (κ3) is 2.44. The lowest BCUT2D eigenvalue weighted by Gasteiger charge is -2.20. The van der Waals surface area contributed by atoms with Crippen LogP contribution in [-0.2, 0) is 4.79 Å². The first kappa shape index (κ1) is 10.5. The minimum Gasteiger partial charge on any atom is -0.344 e. The van der Waals surface area contributed by atoms with E-state index in [2.05, 4.69) is 13.8 Å². The van der Waals surface area contributed by atoms with E-state index in [1.807, 2.05) is 14.0 Å². The van der Waals surface area contributed by atoms with E-state index in [0.717, 1.165) is 6.42 Å². The molecule has 1 amide bonds. The van der Waals surface area contributed by atoms with Gasteiger partial charge in [-0.15, -0.1) is 0 Å². The zero-order chi connectivity index (χ0) is 10.2. The minimum absolute atomic E-state index is 0.0656. The Morgan fingerprint density at radius 3 is 2.46 bits per heavy atom. The second kappa shape index (κ2) is 3.29. The molecule has 2 unspecified atom stereocenters. The van der Waals surface area contributed by atoms with Crippen LogP contribution in [0.4, 0.5) is 0 Å². The van der Waals surface area contributed by atoms with Crippen LogP contribution in [0.15, 0.2) is 0 Å². The molecule has 0 aliphatic heterocycles. The average Bonchev–Trinajstić information content (AvgIpc) is 2.57. The van der Waals surface area contributed by atoms with E-state index in [1.165, 1.54) is 0 Å². The molecule has 76 valence electrons. The Morgan fingerprint density at radius 1 is 1.69 bits per heavy atom. The number of likely N-dealkylation sites (N-methyl/N-ethyl adjacent to an activating group) is 1. The Labute approximate surface area is 80.3 Å². The lowest BCUT2D eigenvalue weighted by atomic mass is 10.1. The van der Waals surface area contributed by atoms with Gasteiger partial charge in [0.25, 0.3) is 0 Å². The van der Waals surface area contributed by atoms with Crippen molar-refractivity contribution in [2.24, 2.45) is 17.1 Å². The van der Waals surface area contributed by atoms with Crippen molar-refractivity contribution in [2.75, 3.05) is 13.6 Å². The van der Waals surface area contributed by atoms with Gasteiger partial charge >= 0.3 is 0 Å². The number of hydrogen-bond acceptors (Lipinski definition) is 2. The van der Waals surface area contributed by atoms with Crippen LogP contribution < -0.4 is 5.73 Å². The van der Waals surface area contributed by atoms with Gasteiger partial charge in [-0.2, -0.15) is 0 Å². The van der Waals surface area contributed by atoms with Crippen molar-refractivity contribution in [3.8, 4) is 0 Å². The zero-order valence-corrected chi connectivity index (χ0v) is 9.00. The van der Waals surface area contributed by atoms with Crippen molar-refractivity contribution in [1.29, 1.82) is 0 Å². The molecule has 0 radical (unpaired) electrons. The molecular weight excluding hydrogens is 164 g/mol. The Bertz CT molecular complexity index is 211. The van der Waals surface area contributed by atoms with Crippen molar-refractivity contribution < 1.29 is 4.79 Å². The molecule has 0 aromatic carbocycles. The predicted molar refractivity (Wildman–Crippen MR) is 53.2 cm³/mol. The molecule has 2 N–H and O–H groups in total. The lowest BCUT2D eigenvalue weighted by molar-refractivity contribution is -0.132. The highest BCUT2D eigenvalue weighted by Gasteiger charge is 2.51. The first-order valence-electron chi connectivity index (χ1n) is 4.85. The second-order valence-electron chi connectivity index (χ2n) is 4.94. The van der Waals surface area contributed by atoms with E-state index in [-0.39, 0.29) is 23.3 Å². The molecule has 1 aliphatic carbocycles.